The van der Waals surface area contributed by atoms with E-state index in [2.05, 4.69) is 5.32 Å². The van der Waals surface area contributed by atoms with Crippen LogP contribution in [0.25, 0.3) is 10.1 Å². The second-order valence-electron chi connectivity index (χ2n) is 12.7. The normalized spacial score (nSPS) is 21.8. The number of thiophene rings is 1. The van der Waals surface area contributed by atoms with Crippen LogP contribution < -0.4 is 5.32 Å². The van der Waals surface area contributed by atoms with Gasteiger partial charge in [0.25, 0.3) is 5.91 Å². The van der Waals surface area contributed by atoms with Crippen molar-refractivity contribution in [2.75, 3.05) is 26.2 Å². The number of nitrogens with zero attached hydrogens (tertiary/aromatic N) is 2. The van der Waals surface area contributed by atoms with Crippen molar-refractivity contribution >= 4 is 46.7 Å². The van der Waals surface area contributed by atoms with Gasteiger partial charge in [-0.1, -0.05) is 57.2 Å². The van der Waals surface area contributed by atoms with Crippen molar-refractivity contribution in [3.05, 3.63) is 70.6 Å². The lowest BCUT2D eigenvalue weighted by Crippen LogP contribution is -2.58. The first-order valence-corrected chi connectivity index (χ1v) is 17.1. The highest BCUT2D eigenvalue weighted by molar-refractivity contribution is 7.52. The summed E-state index contributed by atoms with van der Waals surface area (Å²) in [6, 6.07) is 11.8. The topological polar surface area (TPSA) is 157 Å². The Labute approximate surface area is 268 Å². The molecule has 0 radical (unpaired) electrons. The third-order valence-corrected chi connectivity index (χ3v) is 10.3. The number of fused-ring (bicyclic) bond motifs is 1. The number of amides is 3. The van der Waals surface area contributed by atoms with Crippen molar-refractivity contribution in [1.29, 1.82) is 0 Å². The van der Waals surface area contributed by atoms with Crippen LogP contribution in [0.3, 0.4) is 0 Å². The highest BCUT2D eigenvalue weighted by atomic mass is 32.1. The molecule has 4 N–H and O–H groups in total. The predicted octanol–water partition coefficient (Wildman–Crippen LogP) is 3.83. The van der Waals surface area contributed by atoms with Gasteiger partial charge in [-0.05, 0) is 34.6 Å². The highest BCUT2D eigenvalue weighted by Crippen LogP contribution is 2.59. The molecule has 3 aromatic rings. The van der Waals surface area contributed by atoms with E-state index in [4.69, 9.17) is 14.5 Å². The Balaban J connectivity index is 1.35. The molecule has 248 valence electrons. The minimum atomic E-state index is -5.79. The number of ether oxygens (including phenoxy) is 1. The van der Waals surface area contributed by atoms with Crippen molar-refractivity contribution in [3.63, 3.8) is 0 Å². The first kappa shape index (κ1) is 34.1. The Hall–Kier alpha value is -3.26. The quantitative estimate of drug-likeness (QED) is 0.275. The van der Waals surface area contributed by atoms with Crippen LogP contribution in [-0.4, -0.2) is 86.8 Å². The number of alkyl halides is 2. The molecule has 2 aliphatic rings. The third kappa shape index (κ3) is 6.87. The first-order chi connectivity index (χ1) is 21.5. The molecule has 2 aliphatic heterocycles. The van der Waals surface area contributed by atoms with E-state index >= 15 is 0 Å². The second-order valence-corrected chi connectivity index (χ2v) is 15.4. The molecule has 0 saturated carbocycles. The van der Waals surface area contributed by atoms with Crippen LogP contribution in [0.2, 0.25) is 0 Å². The molecule has 0 spiro atoms. The minimum Gasteiger partial charge on any atom is -0.391 e. The molecule has 46 heavy (non-hydrogen) atoms. The van der Waals surface area contributed by atoms with E-state index in [1.807, 2.05) is 30.3 Å². The van der Waals surface area contributed by atoms with E-state index in [9.17, 15) is 32.8 Å². The van der Waals surface area contributed by atoms with Crippen molar-refractivity contribution in [2.45, 2.75) is 57.1 Å². The zero-order valence-electron chi connectivity index (χ0n) is 25.4. The number of hydrogen-bond donors (Lipinski definition) is 4. The van der Waals surface area contributed by atoms with Gasteiger partial charge in [0.2, 0.25) is 11.8 Å². The van der Waals surface area contributed by atoms with Gasteiger partial charge in [-0.15, -0.1) is 11.3 Å². The Bertz CT molecular complexity index is 1670. The number of carbonyl (C=O) groups excluding carboxylic acids is 3. The van der Waals surface area contributed by atoms with Crippen LogP contribution in [0.5, 0.6) is 0 Å². The number of benzene rings is 2. The molecule has 0 aliphatic carbocycles. The van der Waals surface area contributed by atoms with Gasteiger partial charge >= 0.3 is 13.3 Å². The number of carbonyl (C=O) groups is 3. The molecule has 4 atom stereocenters. The van der Waals surface area contributed by atoms with Crippen molar-refractivity contribution < 1.29 is 47.4 Å². The van der Waals surface area contributed by atoms with Gasteiger partial charge in [-0.3, -0.25) is 18.9 Å². The average Bonchev–Trinajstić information content (AvgIpc) is 3.61. The largest absolute Gasteiger partial charge is 0.399 e. The minimum absolute atomic E-state index is 0.0423. The maximum Gasteiger partial charge on any atom is 0.399 e. The SMILES string of the molecule is CC(C)(C)C(NC(=O)c1cc2cc(C(F)(F)P(=O)(O)O)ccc2s1)C(=O)N1C[C@H](O)C[C@H]1C(=O)N1CCOC(c2ccccc2)C1. The van der Waals surface area contributed by atoms with Crippen LogP contribution in [0.1, 0.15) is 54.1 Å². The maximum atomic E-state index is 14.3. The zero-order chi connectivity index (χ0) is 33.6. The fourth-order valence-electron chi connectivity index (χ4n) is 5.75. The molecule has 15 heteroatoms. The fourth-order valence-corrected chi connectivity index (χ4v) is 7.17. The van der Waals surface area contributed by atoms with Crippen molar-refractivity contribution in [2.24, 2.45) is 5.41 Å². The molecule has 1 aromatic heterocycles. The monoisotopic (exact) mass is 679 g/mol. The van der Waals surface area contributed by atoms with Gasteiger partial charge < -0.3 is 34.7 Å². The summed E-state index contributed by atoms with van der Waals surface area (Å²) in [6.45, 7) is 6.05. The molecular weight excluding hydrogens is 643 g/mol. The predicted molar refractivity (Wildman–Crippen MR) is 166 cm³/mol. The van der Waals surface area contributed by atoms with E-state index in [0.29, 0.717) is 17.9 Å². The van der Waals surface area contributed by atoms with Crippen molar-refractivity contribution in [1.82, 2.24) is 15.1 Å². The lowest BCUT2D eigenvalue weighted by Gasteiger charge is -2.38. The van der Waals surface area contributed by atoms with Crippen LogP contribution in [-0.2, 0) is 24.6 Å². The lowest BCUT2D eigenvalue weighted by molar-refractivity contribution is -0.150. The summed E-state index contributed by atoms with van der Waals surface area (Å²) >= 11 is 0.963. The van der Waals surface area contributed by atoms with Gasteiger partial charge in [0.1, 0.15) is 18.2 Å². The smallest absolute Gasteiger partial charge is 0.391 e. The number of morpholine rings is 1. The summed E-state index contributed by atoms with van der Waals surface area (Å²) in [5, 5.41) is 13.5. The lowest BCUT2D eigenvalue weighted by atomic mass is 9.85. The number of likely N-dealkylation sites (tertiary alicyclic amines) is 1. The van der Waals surface area contributed by atoms with Gasteiger partial charge in [-0.2, -0.15) is 8.78 Å². The highest BCUT2D eigenvalue weighted by Gasteiger charge is 2.50. The summed E-state index contributed by atoms with van der Waals surface area (Å²) < 4.78 is 46.2. The molecule has 11 nitrogen and oxygen atoms in total. The molecule has 2 fully saturated rings. The summed E-state index contributed by atoms with van der Waals surface area (Å²) in [6.07, 6.45) is -1.24. The Morgan fingerprint density at radius 1 is 1.07 bits per heavy atom. The number of halogens is 2. The van der Waals surface area contributed by atoms with Crippen LogP contribution in [0.15, 0.2) is 54.6 Å². The Kier molecular flexibility index (Phi) is 9.44. The number of aliphatic hydroxyl groups is 1. The van der Waals surface area contributed by atoms with E-state index in [-0.39, 0.29) is 41.8 Å². The second kappa shape index (κ2) is 12.7. The van der Waals surface area contributed by atoms with Gasteiger partial charge in [0.15, 0.2) is 0 Å². The van der Waals surface area contributed by atoms with Gasteiger partial charge in [-0.25, -0.2) is 0 Å². The summed E-state index contributed by atoms with van der Waals surface area (Å²) in [7, 11) is -5.79. The standard InChI is InChI=1S/C31H36F2N3O8PS/c1-30(2,3)26(34-27(38)25-14-19-13-20(9-10-24(19)46-25)31(32,33)45(41,42)43)29(40)36-16-21(37)15-22(36)28(39)35-11-12-44-23(17-35)18-7-5-4-6-8-18/h4-10,13-14,21-23,26,37H,11-12,15-17H2,1-3H3,(H,34,38)(H2,41,42,43)/t21-,22+,23?,26?/m1/s1. The van der Waals surface area contributed by atoms with Gasteiger partial charge in [0.05, 0.1) is 24.1 Å². The number of rotatable bonds is 7. The van der Waals surface area contributed by atoms with Crippen LogP contribution in [0.4, 0.5) is 8.78 Å². The Morgan fingerprint density at radius 2 is 1.76 bits per heavy atom. The van der Waals surface area contributed by atoms with E-state index < -0.39 is 54.2 Å². The molecule has 2 aromatic carbocycles. The zero-order valence-corrected chi connectivity index (χ0v) is 27.1. The first-order valence-electron chi connectivity index (χ1n) is 14.7. The van der Waals surface area contributed by atoms with Gasteiger partial charge in [0, 0.05) is 29.8 Å². The molecule has 0 bridgehead atoms. The number of hydrogen-bond acceptors (Lipinski definition) is 7. The number of aliphatic hydroxyl groups excluding tert-OH is 1. The molecular formula is C31H36F2N3O8PS. The fraction of sp³-hybridized carbons (Fsp3) is 0.452. The summed E-state index contributed by atoms with van der Waals surface area (Å²) in [4.78, 5) is 62.5. The van der Waals surface area contributed by atoms with E-state index in [1.165, 1.54) is 17.0 Å². The van der Waals surface area contributed by atoms with Crippen LogP contribution in [0, 0.1) is 5.41 Å². The molecule has 5 rings (SSSR count). The summed E-state index contributed by atoms with van der Waals surface area (Å²) in [5.41, 5.74) is -5.21. The average molecular weight is 680 g/mol. The molecule has 3 heterocycles. The third-order valence-electron chi connectivity index (χ3n) is 8.24. The van der Waals surface area contributed by atoms with E-state index in [1.54, 1.807) is 25.7 Å². The molecule has 2 saturated heterocycles. The Morgan fingerprint density at radius 3 is 2.41 bits per heavy atom. The number of nitrogens with one attached hydrogen (secondary N) is 1. The molecule has 2 unspecified atom stereocenters. The van der Waals surface area contributed by atoms with E-state index in [0.717, 1.165) is 29.0 Å². The number of β-amino-alcohol motifs (C(OH)–C–C–N with tert-alkyl or cyclic N) is 1. The molecule has 3 amide bonds. The van der Waals surface area contributed by atoms with Crippen molar-refractivity contribution in [3.8, 4) is 0 Å². The maximum absolute atomic E-state index is 14.3. The summed E-state index contributed by atoms with van der Waals surface area (Å²) in [5.74, 6) is -1.53. The van der Waals surface area contributed by atoms with Crippen LogP contribution >= 0.6 is 18.9 Å².